The standard InChI is InChI=1S/C65H81N9O14S/c1-37-43(41-18-19-49(70-51(41)57(80)81)73-23-20-39-12-10-13-42(44(39)28-73)56(79)71-61-69-45-14-6-7-15-48(45)89-61)27-68-74(37)36-64-31-62(2)30-63(3,32-64)34-65(33-62,35-64)86-24-22-67-46(26-50(75)72(4)5)59(84)85-29-40-17-16-38(11-8-9-21-66)25-47(40)87-60-54(78)52(76)53(77)55(88-60)58(82)83/h6-7,10,12-19,25,27,46,50,52-55,60,67,75-78H,8-9,11,20-24,26,28-36,66H2,1-5H3,(H,80,81)(H,82,83)(H,69,71,79)/t46?,50?,52-,53-,54+,55-,60+,62?,63?,64?,65?/m1/s1. The molecule has 2 aliphatic heterocycles. The average molecular weight is 1240 g/mol. The highest BCUT2D eigenvalue weighted by Gasteiger charge is 2.66. The Kier molecular flexibility index (Phi) is 18.4. The Bertz CT molecular complexity index is 3560. The molecule has 6 aromatic rings. The summed E-state index contributed by atoms with van der Waals surface area (Å²) in [4.78, 5) is 66.0. The Morgan fingerprint density at radius 1 is 0.899 bits per heavy atom. The molecule has 4 bridgehead atoms. The van der Waals surface area contributed by atoms with E-state index < -0.39 is 66.5 Å². The summed E-state index contributed by atoms with van der Waals surface area (Å²) in [7, 11) is 3.39. The smallest absolute Gasteiger partial charge is 0.355 e. The third-order valence-electron chi connectivity index (χ3n) is 18.7. The molecule has 5 fully saturated rings. The Labute approximate surface area is 520 Å². The molecule has 6 aliphatic rings. The maximum Gasteiger partial charge on any atom is 0.355 e. The van der Waals surface area contributed by atoms with Crippen molar-refractivity contribution in [3.8, 4) is 16.9 Å². The topological polar surface area (TPSA) is 327 Å². The second-order valence-corrected chi connectivity index (χ2v) is 27.3. The maximum atomic E-state index is 14.1. The molecule has 3 aromatic heterocycles. The van der Waals surface area contributed by atoms with E-state index in [0.717, 1.165) is 84.0 Å². The van der Waals surface area contributed by atoms with E-state index in [9.17, 15) is 49.8 Å². The molecule has 12 rings (SSSR count). The van der Waals surface area contributed by atoms with Crippen molar-refractivity contribution < 1.29 is 68.8 Å². The first kappa shape index (κ1) is 63.6. The number of amides is 1. The summed E-state index contributed by atoms with van der Waals surface area (Å²) >= 11 is 1.41. The van der Waals surface area contributed by atoms with Gasteiger partial charge in [-0.1, -0.05) is 61.6 Å². The number of pyridine rings is 1. The zero-order chi connectivity index (χ0) is 63.2. The van der Waals surface area contributed by atoms with Gasteiger partial charge in [0.15, 0.2) is 16.9 Å². The van der Waals surface area contributed by atoms with Gasteiger partial charge in [-0.05, 0) is 161 Å². The largest absolute Gasteiger partial charge is 0.479 e. The number of aliphatic carboxylic acids is 1. The molecule has 89 heavy (non-hydrogen) atoms. The molecule has 4 saturated carbocycles. The van der Waals surface area contributed by atoms with E-state index >= 15 is 0 Å². The van der Waals surface area contributed by atoms with Gasteiger partial charge in [0.1, 0.15) is 48.8 Å². The summed E-state index contributed by atoms with van der Waals surface area (Å²) in [6.45, 7) is 8.90. The van der Waals surface area contributed by atoms with Crippen molar-refractivity contribution in [2.75, 3.05) is 50.6 Å². The van der Waals surface area contributed by atoms with Gasteiger partial charge >= 0.3 is 17.9 Å². The zero-order valence-electron chi connectivity index (χ0n) is 50.9. The second kappa shape index (κ2) is 25.7. The number of benzene rings is 3. The number of anilines is 2. The van der Waals surface area contributed by atoms with Gasteiger partial charge in [0.25, 0.3) is 5.91 Å². The second-order valence-electron chi connectivity index (χ2n) is 26.3. The number of thiazole rings is 1. The molecule has 4 aliphatic carbocycles. The van der Waals surface area contributed by atoms with Crippen molar-refractivity contribution >= 4 is 56.3 Å². The number of nitrogens with two attached hydrogens (primary N) is 1. The number of aliphatic hydroxyl groups is 4. The lowest BCUT2D eigenvalue weighted by Gasteiger charge is -2.69. The summed E-state index contributed by atoms with van der Waals surface area (Å²) in [6.07, 6.45) is -0.278. The number of hydrogen-bond acceptors (Lipinski definition) is 20. The number of carbonyl (C=O) groups excluding carboxylic acids is 2. The SMILES string of the molecule is Cc1c(-c2ccc(N3CCc4cccc(C(=O)Nc5nc6ccccc6s5)c4C3)nc2C(=O)O)cnn1CC12CC3(C)CC(C)(C1)CC(OCCNC(CC(O)N(C)C)C(=O)OCc1ccc(CCCCN)cc1O[C@H]1O[C@@H](C(=O)O)[C@H](O)[C@@H](O)[C@@H]1O)(C3)C2. The van der Waals surface area contributed by atoms with Crippen molar-refractivity contribution in [2.45, 2.75) is 160 Å². The van der Waals surface area contributed by atoms with E-state index in [-0.39, 0.29) is 59.8 Å². The molecule has 9 atom stereocenters. The molecule has 5 heterocycles. The summed E-state index contributed by atoms with van der Waals surface area (Å²) in [5.41, 5.74) is 11.3. The first-order chi connectivity index (χ1) is 42.5. The molecule has 1 amide bonds. The number of carboxylic acids is 2. The van der Waals surface area contributed by atoms with E-state index in [1.54, 1.807) is 43.4 Å². The van der Waals surface area contributed by atoms with Crippen LogP contribution in [-0.4, -0.2) is 168 Å². The van der Waals surface area contributed by atoms with Crippen LogP contribution in [-0.2, 0) is 56.3 Å². The number of ether oxygens (including phenoxy) is 4. The normalized spacial score (nSPS) is 26.9. The van der Waals surface area contributed by atoms with Crippen molar-refractivity contribution in [3.05, 3.63) is 118 Å². The fraction of sp³-hybridized carbons (Fsp3) is 0.523. The Morgan fingerprint density at radius 2 is 1.67 bits per heavy atom. The van der Waals surface area contributed by atoms with Gasteiger partial charge in [-0.15, -0.1) is 0 Å². The average Bonchev–Trinajstić information content (AvgIpc) is 1.45. The fourth-order valence-electron chi connectivity index (χ4n) is 15.6. The Balaban J connectivity index is 0.754. The van der Waals surface area contributed by atoms with Gasteiger partial charge in [-0.25, -0.2) is 19.6 Å². The summed E-state index contributed by atoms with van der Waals surface area (Å²) in [5, 5.41) is 74.9. The first-order valence-corrected chi connectivity index (χ1v) is 31.4. The third kappa shape index (κ3) is 13.6. The zero-order valence-corrected chi connectivity index (χ0v) is 51.7. The van der Waals surface area contributed by atoms with Crippen LogP contribution in [0, 0.1) is 23.2 Å². The van der Waals surface area contributed by atoms with Crippen molar-refractivity contribution in [1.82, 2.24) is 30.0 Å². The lowest BCUT2D eigenvalue weighted by atomic mass is 9.39. The van der Waals surface area contributed by atoms with E-state index in [1.165, 1.54) is 11.3 Å². The lowest BCUT2D eigenvalue weighted by Crippen LogP contribution is -2.64. The number of nitrogens with one attached hydrogen (secondary N) is 2. The van der Waals surface area contributed by atoms with Crippen LogP contribution < -0.4 is 26.0 Å². The van der Waals surface area contributed by atoms with Crippen LogP contribution in [0.4, 0.5) is 10.9 Å². The highest BCUT2D eigenvalue weighted by Crippen LogP contribution is 2.72. The van der Waals surface area contributed by atoms with E-state index in [0.29, 0.717) is 72.2 Å². The number of carbonyl (C=O) groups is 4. The van der Waals surface area contributed by atoms with E-state index in [4.69, 9.17) is 34.8 Å². The lowest BCUT2D eigenvalue weighted by molar-refractivity contribution is -0.271. The van der Waals surface area contributed by atoms with Crippen LogP contribution in [0.15, 0.2) is 79.0 Å². The molecule has 24 heteroatoms. The number of esters is 1. The van der Waals surface area contributed by atoms with Crippen LogP contribution in [0.25, 0.3) is 21.3 Å². The number of unbranched alkanes of at least 4 members (excludes halogenated alkanes) is 1. The summed E-state index contributed by atoms with van der Waals surface area (Å²) in [5.74, 6) is -3.06. The summed E-state index contributed by atoms with van der Waals surface area (Å²) in [6, 6.07) is 21.3. The molecule has 4 unspecified atom stereocenters. The Morgan fingerprint density at radius 3 is 2.40 bits per heavy atom. The van der Waals surface area contributed by atoms with Crippen LogP contribution >= 0.6 is 11.3 Å². The monoisotopic (exact) mass is 1240 g/mol. The van der Waals surface area contributed by atoms with Gasteiger partial charge in [0, 0.05) is 60.5 Å². The Hall–Kier alpha value is -6.97. The van der Waals surface area contributed by atoms with Crippen molar-refractivity contribution in [3.63, 3.8) is 0 Å². The molecule has 0 radical (unpaired) electrons. The molecule has 476 valence electrons. The number of para-hydroxylation sites is 1. The number of hydrogen-bond donors (Lipinski definition) is 9. The maximum absolute atomic E-state index is 14.1. The minimum absolute atomic E-state index is 0.0268. The van der Waals surface area contributed by atoms with Crippen molar-refractivity contribution in [1.29, 1.82) is 0 Å². The molecule has 3 aromatic carbocycles. The quantitative estimate of drug-likeness (QED) is 0.0179. The minimum Gasteiger partial charge on any atom is -0.479 e. The molecule has 23 nitrogen and oxygen atoms in total. The number of rotatable bonds is 25. The number of aromatic carboxylic acids is 1. The third-order valence-corrected chi connectivity index (χ3v) is 19.6. The van der Waals surface area contributed by atoms with Crippen LogP contribution in [0.2, 0.25) is 0 Å². The van der Waals surface area contributed by atoms with Crippen LogP contribution in [0.1, 0.15) is 120 Å². The van der Waals surface area contributed by atoms with Crippen LogP contribution in [0.5, 0.6) is 5.75 Å². The molecular formula is C65H81N9O14S. The number of aryl methyl sites for hydroxylation is 1. The van der Waals surface area contributed by atoms with Crippen molar-refractivity contribution in [2.24, 2.45) is 22.0 Å². The molecule has 0 spiro atoms. The van der Waals surface area contributed by atoms with Gasteiger partial charge in [-0.2, -0.15) is 5.10 Å². The van der Waals surface area contributed by atoms with Crippen LogP contribution in [0.3, 0.4) is 0 Å². The highest BCUT2D eigenvalue weighted by atomic mass is 32.1. The number of aromatic nitrogens is 4. The van der Waals surface area contributed by atoms with Gasteiger partial charge in [0.05, 0.1) is 28.6 Å². The fourth-order valence-corrected chi connectivity index (χ4v) is 16.5. The van der Waals surface area contributed by atoms with Gasteiger partial charge in [-0.3, -0.25) is 24.5 Å². The number of fused-ring (bicyclic) bond motifs is 2. The highest BCUT2D eigenvalue weighted by molar-refractivity contribution is 7.22. The van der Waals surface area contributed by atoms with E-state index in [1.807, 2.05) is 71.1 Å². The van der Waals surface area contributed by atoms with Gasteiger partial charge < -0.3 is 65.5 Å². The predicted octanol–water partition coefficient (Wildman–Crippen LogP) is 6.04. The number of aliphatic hydroxyl groups excluding tert-OH is 4. The van der Waals surface area contributed by atoms with Gasteiger partial charge in [0.2, 0.25) is 6.29 Å². The molecule has 1 saturated heterocycles. The first-order valence-electron chi connectivity index (χ1n) is 30.5. The predicted molar refractivity (Wildman–Crippen MR) is 330 cm³/mol. The minimum atomic E-state index is -1.92. The number of carboxylic acid groups (broad SMARTS) is 2. The summed E-state index contributed by atoms with van der Waals surface area (Å²) < 4.78 is 27.4. The molecular weight excluding hydrogens is 1160 g/mol. The van der Waals surface area contributed by atoms with E-state index in [2.05, 4.69) is 29.5 Å². The number of nitrogens with zero attached hydrogens (tertiary/aromatic N) is 6. The molecule has 10 N–H and O–H groups in total.